The van der Waals surface area contributed by atoms with Gasteiger partial charge in [-0.25, -0.2) is 4.79 Å². The number of halogens is 3. The van der Waals surface area contributed by atoms with Crippen LogP contribution in [-0.4, -0.2) is 42.3 Å². The molecule has 120 valence electrons. The van der Waals surface area contributed by atoms with Crippen LogP contribution in [0.1, 0.15) is 17.0 Å². The van der Waals surface area contributed by atoms with E-state index in [2.05, 4.69) is 4.74 Å². The third kappa shape index (κ3) is 3.15. The van der Waals surface area contributed by atoms with Crippen LogP contribution in [0.15, 0.2) is 24.3 Å². The summed E-state index contributed by atoms with van der Waals surface area (Å²) in [5.74, 6) is -1.82. The highest BCUT2D eigenvalue weighted by molar-refractivity contribution is 5.76. The maximum atomic E-state index is 12.6. The molecule has 1 saturated heterocycles. The van der Waals surface area contributed by atoms with Crippen molar-refractivity contribution in [2.24, 2.45) is 5.92 Å². The molecule has 0 spiro atoms. The molecule has 1 aliphatic heterocycles. The largest absolute Gasteiger partial charge is 0.469 e. The van der Waals surface area contributed by atoms with Gasteiger partial charge in [0, 0.05) is 19.0 Å². The zero-order valence-corrected chi connectivity index (χ0v) is 11.6. The maximum absolute atomic E-state index is 12.6. The minimum atomic E-state index is -4.44. The number of carbonyl (C=O) groups is 2. The summed E-state index contributed by atoms with van der Waals surface area (Å²) in [5, 5.41) is 9.03. The van der Waals surface area contributed by atoms with Gasteiger partial charge in [-0.3, -0.25) is 4.79 Å². The van der Waals surface area contributed by atoms with E-state index >= 15 is 0 Å². The fraction of sp³-hybridized carbons (Fsp3) is 0.429. The summed E-state index contributed by atoms with van der Waals surface area (Å²) in [5.41, 5.74) is -0.314. The molecule has 0 aliphatic carbocycles. The van der Waals surface area contributed by atoms with Crippen molar-refractivity contribution < 1.29 is 32.6 Å². The number of hydrogen-bond donors (Lipinski definition) is 1. The minimum absolute atomic E-state index is 0.0340. The number of esters is 1. The molecule has 5 nitrogen and oxygen atoms in total. The highest BCUT2D eigenvalue weighted by atomic mass is 19.4. The zero-order valence-electron chi connectivity index (χ0n) is 11.6. The summed E-state index contributed by atoms with van der Waals surface area (Å²) in [4.78, 5) is 23.9. The average molecular weight is 317 g/mol. The van der Waals surface area contributed by atoms with Crippen LogP contribution in [0.25, 0.3) is 0 Å². The Morgan fingerprint density at radius 2 is 1.82 bits per heavy atom. The smallest absolute Gasteiger partial charge is 0.416 e. The number of amides is 1. The Balaban J connectivity index is 2.28. The first kappa shape index (κ1) is 16.1. The molecule has 1 aromatic carbocycles. The van der Waals surface area contributed by atoms with Crippen molar-refractivity contribution in [2.45, 2.75) is 12.1 Å². The molecule has 2 unspecified atom stereocenters. The van der Waals surface area contributed by atoms with Crippen LogP contribution in [-0.2, 0) is 15.7 Å². The monoisotopic (exact) mass is 317 g/mol. The van der Waals surface area contributed by atoms with Crippen LogP contribution >= 0.6 is 0 Å². The van der Waals surface area contributed by atoms with Gasteiger partial charge in [0.05, 0.1) is 18.6 Å². The van der Waals surface area contributed by atoms with Crippen molar-refractivity contribution in [1.82, 2.24) is 4.90 Å². The molecule has 1 heterocycles. The highest BCUT2D eigenvalue weighted by Crippen LogP contribution is 2.35. The summed E-state index contributed by atoms with van der Waals surface area (Å²) in [6, 6.07) is 4.39. The zero-order chi connectivity index (χ0) is 16.5. The number of carboxylic acid groups (broad SMARTS) is 1. The van der Waals surface area contributed by atoms with E-state index in [-0.39, 0.29) is 13.1 Å². The second-order valence-electron chi connectivity index (χ2n) is 5.04. The van der Waals surface area contributed by atoms with Crippen LogP contribution in [0.3, 0.4) is 0 Å². The molecular formula is C14H14F3NO4. The van der Waals surface area contributed by atoms with Gasteiger partial charge < -0.3 is 14.7 Å². The number of likely N-dealkylation sites (tertiary alicyclic amines) is 1. The number of carbonyl (C=O) groups excluding carboxylic acids is 1. The molecule has 8 heteroatoms. The fourth-order valence-corrected chi connectivity index (χ4v) is 2.61. The van der Waals surface area contributed by atoms with Crippen LogP contribution in [0.2, 0.25) is 0 Å². The number of alkyl halides is 3. The third-order valence-electron chi connectivity index (χ3n) is 3.76. The summed E-state index contributed by atoms with van der Waals surface area (Å²) >= 11 is 0. The molecule has 2 rings (SSSR count). The molecule has 0 radical (unpaired) electrons. The summed E-state index contributed by atoms with van der Waals surface area (Å²) in [7, 11) is 1.19. The fourth-order valence-electron chi connectivity index (χ4n) is 2.61. The second-order valence-corrected chi connectivity index (χ2v) is 5.04. The van der Waals surface area contributed by atoms with Gasteiger partial charge >= 0.3 is 18.2 Å². The normalized spacial score (nSPS) is 21.7. The molecule has 1 aliphatic rings. The first-order valence-electron chi connectivity index (χ1n) is 6.47. The Hall–Kier alpha value is -2.25. The van der Waals surface area contributed by atoms with Gasteiger partial charge in [0.2, 0.25) is 0 Å². The molecule has 1 aromatic rings. The van der Waals surface area contributed by atoms with Crippen LogP contribution in [0.5, 0.6) is 0 Å². The SMILES string of the molecule is COC(=O)C1CN(C(=O)O)CC1c1ccc(C(F)(F)F)cc1. The average Bonchev–Trinajstić information content (AvgIpc) is 2.91. The minimum Gasteiger partial charge on any atom is -0.469 e. The molecule has 22 heavy (non-hydrogen) atoms. The van der Waals surface area contributed by atoms with Gasteiger partial charge in [-0.15, -0.1) is 0 Å². The predicted octanol–water partition coefficient (Wildman–Crippen LogP) is 2.57. The molecule has 1 N–H and O–H groups in total. The van der Waals surface area contributed by atoms with Crippen LogP contribution < -0.4 is 0 Å². The van der Waals surface area contributed by atoms with Crippen LogP contribution in [0, 0.1) is 5.92 Å². The molecule has 1 amide bonds. The Labute approximate surface area is 124 Å². The number of methoxy groups -OCH3 is 1. The van der Waals surface area contributed by atoms with Gasteiger partial charge in [0.25, 0.3) is 0 Å². The summed E-state index contributed by atoms with van der Waals surface area (Å²) in [6.07, 6.45) is -5.62. The van der Waals surface area contributed by atoms with Gasteiger partial charge in [0.15, 0.2) is 0 Å². The lowest BCUT2D eigenvalue weighted by Gasteiger charge is -2.17. The van der Waals surface area contributed by atoms with E-state index in [0.29, 0.717) is 5.56 Å². The highest BCUT2D eigenvalue weighted by Gasteiger charge is 2.41. The first-order valence-corrected chi connectivity index (χ1v) is 6.47. The van der Waals surface area contributed by atoms with E-state index in [9.17, 15) is 22.8 Å². The molecule has 0 saturated carbocycles. The number of ether oxygens (including phenoxy) is 1. The van der Waals surface area contributed by atoms with E-state index in [4.69, 9.17) is 5.11 Å². The lowest BCUT2D eigenvalue weighted by atomic mass is 9.88. The van der Waals surface area contributed by atoms with Crippen molar-refractivity contribution in [3.63, 3.8) is 0 Å². The predicted molar refractivity (Wildman–Crippen MR) is 69.3 cm³/mol. The standard InChI is InChI=1S/C14H14F3NO4/c1-22-12(19)11-7-18(13(20)21)6-10(11)8-2-4-9(5-3-8)14(15,16)17/h2-5,10-11H,6-7H2,1H3,(H,20,21). The van der Waals surface area contributed by atoms with Crippen molar-refractivity contribution >= 4 is 12.1 Å². The first-order chi connectivity index (χ1) is 10.2. The molecule has 0 bridgehead atoms. The topological polar surface area (TPSA) is 66.8 Å². The van der Waals surface area contributed by atoms with E-state index < -0.39 is 35.6 Å². The number of benzene rings is 1. The van der Waals surface area contributed by atoms with E-state index in [1.165, 1.54) is 19.2 Å². The Morgan fingerprint density at radius 3 is 2.27 bits per heavy atom. The molecule has 2 atom stereocenters. The van der Waals surface area contributed by atoms with E-state index in [1.54, 1.807) is 0 Å². The van der Waals surface area contributed by atoms with Gasteiger partial charge in [-0.2, -0.15) is 13.2 Å². The number of hydrogen-bond acceptors (Lipinski definition) is 3. The van der Waals surface area contributed by atoms with Crippen molar-refractivity contribution in [2.75, 3.05) is 20.2 Å². The van der Waals surface area contributed by atoms with Gasteiger partial charge in [0.1, 0.15) is 0 Å². The Morgan fingerprint density at radius 1 is 1.23 bits per heavy atom. The second kappa shape index (κ2) is 5.86. The molecule has 1 fully saturated rings. The van der Waals surface area contributed by atoms with E-state index in [1.807, 2.05) is 0 Å². The van der Waals surface area contributed by atoms with Crippen molar-refractivity contribution in [1.29, 1.82) is 0 Å². The third-order valence-corrected chi connectivity index (χ3v) is 3.76. The van der Waals surface area contributed by atoms with Gasteiger partial charge in [-0.05, 0) is 17.7 Å². The van der Waals surface area contributed by atoms with Gasteiger partial charge in [-0.1, -0.05) is 12.1 Å². The molecule has 0 aromatic heterocycles. The summed E-state index contributed by atoms with van der Waals surface area (Å²) in [6.45, 7) is 0.00810. The Kier molecular flexibility index (Phi) is 4.30. The molecular weight excluding hydrogens is 303 g/mol. The Bertz CT molecular complexity index is 570. The van der Waals surface area contributed by atoms with Crippen molar-refractivity contribution in [3.8, 4) is 0 Å². The van der Waals surface area contributed by atoms with Crippen molar-refractivity contribution in [3.05, 3.63) is 35.4 Å². The van der Waals surface area contributed by atoms with Crippen LogP contribution in [0.4, 0.5) is 18.0 Å². The lowest BCUT2D eigenvalue weighted by Crippen LogP contribution is -2.28. The maximum Gasteiger partial charge on any atom is 0.416 e. The lowest BCUT2D eigenvalue weighted by molar-refractivity contribution is -0.145. The quantitative estimate of drug-likeness (QED) is 0.851. The summed E-state index contributed by atoms with van der Waals surface area (Å²) < 4.78 is 42.3. The van der Waals surface area contributed by atoms with E-state index in [0.717, 1.165) is 17.0 Å². The number of nitrogens with zero attached hydrogens (tertiary/aromatic N) is 1. The number of rotatable bonds is 2.